The zero-order chi connectivity index (χ0) is 24.4. The van der Waals surface area contributed by atoms with Crippen molar-refractivity contribution in [2.24, 2.45) is 0 Å². The smallest absolute Gasteiger partial charge is 0.332 e. The summed E-state index contributed by atoms with van der Waals surface area (Å²) in [7, 11) is 0. The minimum absolute atomic E-state index is 0.0251. The number of ether oxygens (including phenoxy) is 1. The summed E-state index contributed by atoms with van der Waals surface area (Å²) >= 11 is 0. The lowest BCUT2D eigenvalue weighted by atomic mass is 10.1. The first-order valence-corrected chi connectivity index (χ1v) is 11.4. The first-order valence-electron chi connectivity index (χ1n) is 11.4. The molecule has 0 aliphatic carbocycles. The van der Waals surface area contributed by atoms with Crippen LogP contribution in [0.4, 0.5) is 0 Å². The molecule has 0 spiro atoms. The molecule has 35 heavy (non-hydrogen) atoms. The topological polar surface area (TPSA) is 92.2 Å². The van der Waals surface area contributed by atoms with E-state index < -0.39 is 5.69 Å². The second kappa shape index (κ2) is 9.42. The van der Waals surface area contributed by atoms with Crippen LogP contribution < -0.4 is 16.0 Å². The number of hydrogen-bond acceptors (Lipinski definition) is 6. The molecular formula is C27H24N4O4. The van der Waals surface area contributed by atoms with Crippen LogP contribution >= 0.6 is 0 Å². The van der Waals surface area contributed by atoms with E-state index >= 15 is 0 Å². The van der Waals surface area contributed by atoms with Gasteiger partial charge in [-0.05, 0) is 43.7 Å². The molecule has 0 amide bonds. The highest BCUT2D eigenvalue weighted by atomic mass is 16.5. The Kier molecular flexibility index (Phi) is 6.01. The standard InChI is InChI=1S/C27H24N4O4/c1-3-34-23-11-7-5-9-21(23)25-28-24(35-29-25)17-30-22-10-6-4-8-20(22)26(32)31(27(30)33)16-19-14-12-18(2)13-15-19/h4-15H,3,16-17H2,1-2H3. The van der Waals surface area contributed by atoms with Gasteiger partial charge in [0.2, 0.25) is 11.7 Å². The summed E-state index contributed by atoms with van der Waals surface area (Å²) in [5, 5.41) is 4.55. The lowest BCUT2D eigenvalue weighted by molar-refractivity contribution is 0.340. The molecule has 176 valence electrons. The molecule has 0 saturated carbocycles. The first-order chi connectivity index (χ1) is 17.0. The number of aromatic nitrogens is 4. The number of aryl methyl sites for hydroxylation is 1. The van der Waals surface area contributed by atoms with Gasteiger partial charge in [-0.3, -0.25) is 13.9 Å². The molecule has 2 aromatic heterocycles. The number of nitrogens with zero attached hydrogens (tertiary/aromatic N) is 4. The van der Waals surface area contributed by atoms with Crippen LogP contribution in [0.15, 0.2) is 86.9 Å². The highest BCUT2D eigenvalue weighted by Crippen LogP contribution is 2.27. The summed E-state index contributed by atoms with van der Waals surface area (Å²) in [6.45, 7) is 4.59. The lowest BCUT2D eigenvalue weighted by Crippen LogP contribution is -2.40. The Morgan fingerprint density at radius 3 is 2.43 bits per heavy atom. The van der Waals surface area contributed by atoms with Crippen LogP contribution in [0.5, 0.6) is 5.75 Å². The Morgan fingerprint density at radius 1 is 0.886 bits per heavy atom. The molecule has 8 nitrogen and oxygen atoms in total. The Bertz CT molecular complexity index is 1610. The summed E-state index contributed by atoms with van der Waals surface area (Å²) in [6.07, 6.45) is 0. The van der Waals surface area contributed by atoms with E-state index in [1.165, 1.54) is 9.13 Å². The molecule has 0 N–H and O–H groups in total. The van der Waals surface area contributed by atoms with Crippen molar-refractivity contribution in [3.63, 3.8) is 0 Å². The molecule has 0 radical (unpaired) electrons. The fraction of sp³-hybridized carbons (Fsp3) is 0.185. The third kappa shape index (κ3) is 4.38. The largest absolute Gasteiger partial charge is 0.493 e. The van der Waals surface area contributed by atoms with Crippen molar-refractivity contribution in [3.8, 4) is 17.1 Å². The van der Waals surface area contributed by atoms with Gasteiger partial charge in [0.15, 0.2) is 0 Å². The van der Waals surface area contributed by atoms with E-state index in [1.54, 1.807) is 24.3 Å². The molecule has 8 heteroatoms. The van der Waals surface area contributed by atoms with E-state index in [1.807, 2.05) is 62.4 Å². The zero-order valence-corrected chi connectivity index (χ0v) is 19.5. The van der Waals surface area contributed by atoms with Gasteiger partial charge in [0.25, 0.3) is 5.56 Å². The number of para-hydroxylation sites is 2. The van der Waals surface area contributed by atoms with Crippen molar-refractivity contribution in [3.05, 3.63) is 111 Å². The van der Waals surface area contributed by atoms with Crippen molar-refractivity contribution in [2.45, 2.75) is 26.9 Å². The van der Waals surface area contributed by atoms with Gasteiger partial charge < -0.3 is 9.26 Å². The second-order valence-electron chi connectivity index (χ2n) is 8.20. The summed E-state index contributed by atoms with van der Waals surface area (Å²) in [6, 6.07) is 22.2. The SMILES string of the molecule is CCOc1ccccc1-c1noc(Cn2c(=O)n(Cc3ccc(C)cc3)c(=O)c3ccccc32)n1. The maximum absolute atomic E-state index is 13.5. The summed E-state index contributed by atoms with van der Waals surface area (Å²) in [5.41, 5.74) is 2.41. The maximum Gasteiger partial charge on any atom is 0.332 e. The monoisotopic (exact) mass is 468 g/mol. The zero-order valence-electron chi connectivity index (χ0n) is 19.5. The third-order valence-electron chi connectivity index (χ3n) is 5.78. The lowest BCUT2D eigenvalue weighted by Gasteiger charge is -2.13. The molecule has 0 unspecified atom stereocenters. The number of hydrogen-bond donors (Lipinski definition) is 0. The van der Waals surface area contributed by atoms with E-state index in [9.17, 15) is 9.59 Å². The molecule has 5 rings (SSSR count). The van der Waals surface area contributed by atoms with Crippen molar-refractivity contribution >= 4 is 10.9 Å². The number of rotatable bonds is 7. The average molecular weight is 469 g/mol. The number of fused-ring (bicyclic) bond motifs is 1. The van der Waals surface area contributed by atoms with Crippen molar-refractivity contribution in [2.75, 3.05) is 6.61 Å². The van der Waals surface area contributed by atoms with Crippen LogP contribution in [0.1, 0.15) is 23.9 Å². The molecule has 0 aliphatic heterocycles. The predicted octanol–water partition coefficient (Wildman–Crippen LogP) is 4.02. The van der Waals surface area contributed by atoms with Crippen molar-refractivity contribution < 1.29 is 9.26 Å². The quantitative estimate of drug-likeness (QED) is 0.358. The van der Waals surface area contributed by atoms with Crippen LogP contribution in [0.2, 0.25) is 0 Å². The molecule has 0 aliphatic rings. The highest BCUT2D eigenvalue weighted by Gasteiger charge is 2.18. The minimum Gasteiger partial charge on any atom is -0.493 e. The molecule has 0 saturated heterocycles. The van der Waals surface area contributed by atoms with Gasteiger partial charge in [-0.2, -0.15) is 4.98 Å². The van der Waals surface area contributed by atoms with Gasteiger partial charge in [0.1, 0.15) is 12.3 Å². The Labute approximate surface area is 201 Å². The van der Waals surface area contributed by atoms with E-state index in [-0.39, 0.29) is 24.5 Å². The average Bonchev–Trinajstić information content (AvgIpc) is 3.34. The van der Waals surface area contributed by atoms with Gasteiger partial charge in [-0.1, -0.05) is 59.3 Å². The summed E-state index contributed by atoms with van der Waals surface area (Å²) in [5.74, 6) is 1.27. The molecular weight excluding hydrogens is 444 g/mol. The van der Waals surface area contributed by atoms with Crippen LogP contribution in [0, 0.1) is 6.92 Å². The predicted molar refractivity (Wildman–Crippen MR) is 133 cm³/mol. The van der Waals surface area contributed by atoms with E-state index in [0.717, 1.165) is 11.1 Å². The van der Waals surface area contributed by atoms with Crippen LogP contribution in [0.25, 0.3) is 22.3 Å². The molecule has 3 aromatic carbocycles. The molecule has 0 atom stereocenters. The van der Waals surface area contributed by atoms with Gasteiger partial charge >= 0.3 is 5.69 Å². The fourth-order valence-corrected chi connectivity index (χ4v) is 4.04. The normalized spacial score (nSPS) is 11.1. The van der Waals surface area contributed by atoms with Crippen LogP contribution in [0.3, 0.4) is 0 Å². The van der Waals surface area contributed by atoms with Gasteiger partial charge in [0, 0.05) is 0 Å². The molecule has 0 fully saturated rings. The minimum atomic E-state index is -0.441. The number of benzene rings is 3. The van der Waals surface area contributed by atoms with E-state index in [4.69, 9.17) is 9.26 Å². The van der Waals surface area contributed by atoms with Gasteiger partial charge in [-0.25, -0.2) is 4.79 Å². The Balaban J connectivity index is 1.57. The summed E-state index contributed by atoms with van der Waals surface area (Å²) in [4.78, 5) is 31.2. The second-order valence-corrected chi connectivity index (χ2v) is 8.20. The van der Waals surface area contributed by atoms with Crippen LogP contribution in [-0.2, 0) is 13.1 Å². The highest BCUT2D eigenvalue weighted by molar-refractivity contribution is 5.78. The van der Waals surface area contributed by atoms with Crippen LogP contribution in [-0.4, -0.2) is 25.9 Å². The van der Waals surface area contributed by atoms with Crippen molar-refractivity contribution in [1.29, 1.82) is 0 Å². The van der Waals surface area contributed by atoms with E-state index in [0.29, 0.717) is 34.6 Å². The molecule has 0 bridgehead atoms. The molecule has 2 heterocycles. The Morgan fingerprint density at radius 2 is 1.63 bits per heavy atom. The molecule has 5 aromatic rings. The Hall–Kier alpha value is -4.46. The van der Waals surface area contributed by atoms with E-state index in [2.05, 4.69) is 10.1 Å². The van der Waals surface area contributed by atoms with Gasteiger partial charge in [0.05, 0.1) is 29.6 Å². The maximum atomic E-state index is 13.5. The third-order valence-corrected chi connectivity index (χ3v) is 5.78. The summed E-state index contributed by atoms with van der Waals surface area (Å²) < 4.78 is 13.9. The van der Waals surface area contributed by atoms with Gasteiger partial charge in [-0.15, -0.1) is 0 Å². The van der Waals surface area contributed by atoms with Crippen molar-refractivity contribution in [1.82, 2.24) is 19.3 Å². The first kappa shape index (κ1) is 22.3. The fourth-order valence-electron chi connectivity index (χ4n) is 4.04.